The minimum Gasteiger partial charge on any atom is -0.399 e. The highest BCUT2D eigenvalue weighted by molar-refractivity contribution is 7.89. The lowest BCUT2D eigenvalue weighted by Gasteiger charge is -2.09. The van der Waals surface area contributed by atoms with Gasteiger partial charge < -0.3 is 5.73 Å². The van der Waals surface area contributed by atoms with Crippen LogP contribution in [-0.4, -0.2) is 21.1 Å². The number of halogens is 4. The Morgan fingerprint density at radius 3 is 2.47 bits per heavy atom. The third-order valence-electron chi connectivity index (χ3n) is 2.17. The highest BCUT2D eigenvalue weighted by Gasteiger charge is 2.26. The zero-order chi connectivity index (χ0) is 14.7. The van der Waals surface area contributed by atoms with E-state index in [1.807, 2.05) is 4.72 Å². The van der Waals surface area contributed by atoms with Gasteiger partial charge in [0.1, 0.15) is 10.7 Å². The maximum atomic E-state index is 13.3. The summed E-state index contributed by atoms with van der Waals surface area (Å²) in [5, 5.41) is 0. The molecule has 0 saturated heterocycles. The monoisotopic (exact) mass is 300 g/mol. The molecule has 0 atom stereocenters. The molecule has 19 heavy (non-hydrogen) atoms. The van der Waals surface area contributed by atoms with Crippen molar-refractivity contribution < 1.29 is 26.0 Å². The van der Waals surface area contributed by atoms with E-state index >= 15 is 0 Å². The molecule has 0 spiro atoms. The summed E-state index contributed by atoms with van der Waals surface area (Å²) in [6.07, 6.45) is -5.89. The standard InChI is InChI=1S/C10H12F4N2O2S/c11-8-3-2-7(15)6-9(8)19(17,18)16-5-1-4-10(12,13)14/h2-3,6,16H,1,4-5,15H2. The normalized spacial score (nSPS) is 12.6. The second kappa shape index (κ2) is 5.74. The number of benzene rings is 1. The Labute approximate surface area is 107 Å². The van der Waals surface area contributed by atoms with E-state index in [-0.39, 0.29) is 5.69 Å². The molecule has 0 saturated carbocycles. The van der Waals surface area contributed by atoms with Gasteiger partial charge in [-0.3, -0.25) is 0 Å². The predicted octanol–water partition coefficient (Wildman–Crippen LogP) is 2.03. The van der Waals surface area contributed by atoms with Crippen LogP contribution in [0.4, 0.5) is 23.2 Å². The maximum absolute atomic E-state index is 13.3. The molecule has 108 valence electrons. The minimum atomic E-state index is -4.35. The highest BCUT2D eigenvalue weighted by Crippen LogP contribution is 2.21. The van der Waals surface area contributed by atoms with Gasteiger partial charge in [0, 0.05) is 18.7 Å². The Balaban J connectivity index is 2.69. The summed E-state index contributed by atoms with van der Waals surface area (Å²) in [6.45, 7) is -0.434. The van der Waals surface area contributed by atoms with Gasteiger partial charge in [0.05, 0.1) is 0 Å². The average molecular weight is 300 g/mol. The molecule has 0 heterocycles. The fraction of sp³-hybridized carbons (Fsp3) is 0.400. The van der Waals surface area contributed by atoms with Crippen LogP contribution in [0.5, 0.6) is 0 Å². The molecule has 0 aliphatic carbocycles. The van der Waals surface area contributed by atoms with E-state index in [1.54, 1.807) is 0 Å². The number of rotatable bonds is 5. The van der Waals surface area contributed by atoms with Gasteiger partial charge in [-0.15, -0.1) is 0 Å². The van der Waals surface area contributed by atoms with Crippen molar-refractivity contribution in [2.75, 3.05) is 12.3 Å². The van der Waals surface area contributed by atoms with Crippen LogP contribution in [0, 0.1) is 5.82 Å². The van der Waals surface area contributed by atoms with Crippen molar-refractivity contribution in [2.45, 2.75) is 23.9 Å². The SMILES string of the molecule is Nc1ccc(F)c(S(=O)(=O)NCCCC(F)(F)F)c1. The third kappa shape index (κ3) is 5.03. The van der Waals surface area contributed by atoms with Gasteiger partial charge in [0.25, 0.3) is 0 Å². The van der Waals surface area contributed by atoms with Crippen LogP contribution in [0.1, 0.15) is 12.8 Å². The molecule has 1 rings (SSSR count). The summed E-state index contributed by atoms with van der Waals surface area (Å²) in [5.74, 6) is -1.02. The third-order valence-corrected chi connectivity index (χ3v) is 3.65. The van der Waals surface area contributed by atoms with Gasteiger partial charge >= 0.3 is 6.18 Å². The van der Waals surface area contributed by atoms with Crippen molar-refractivity contribution in [1.82, 2.24) is 4.72 Å². The first kappa shape index (κ1) is 15.7. The number of nitrogen functional groups attached to an aromatic ring is 1. The molecular formula is C10H12F4N2O2S. The molecule has 0 aliphatic heterocycles. The number of hydrogen-bond donors (Lipinski definition) is 2. The van der Waals surface area contributed by atoms with Crippen molar-refractivity contribution >= 4 is 15.7 Å². The first-order valence-corrected chi connectivity index (χ1v) is 6.71. The van der Waals surface area contributed by atoms with Crippen LogP contribution < -0.4 is 10.5 Å². The number of nitrogens with one attached hydrogen (secondary N) is 1. The van der Waals surface area contributed by atoms with Crippen LogP contribution in [0.2, 0.25) is 0 Å². The lowest BCUT2D eigenvalue weighted by molar-refractivity contribution is -0.135. The van der Waals surface area contributed by atoms with E-state index in [2.05, 4.69) is 0 Å². The van der Waals surface area contributed by atoms with Crippen LogP contribution >= 0.6 is 0 Å². The first-order valence-electron chi connectivity index (χ1n) is 5.23. The molecule has 0 unspecified atom stereocenters. The largest absolute Gasteiger partial charge is 0.399 e. The van der Waals surface area contributed by atoms with Crippen LogP contribution in [-0.2, 0) is 10.0 Å². The summed E-state index contributed by atoms with van der Waals surface area (Å²) in [7, 11) is -4.20. The number of sulfonamides is 1. The lowest BCUT2D eigenvalue weighted by atomic mass is 10.3. The zero-order valence-electron chi connectivity index (χ0n) is 9.67. The van der Waals surface area contributed by atoms with Crippen molar-refractivity contribution in [3.63, 3.8) is 0 Å². The van der Waals surface area contributed by atoms with E-state index in [1.165, 1.54) is 6.07 Å². The van der Waals surface area contributed by atoms with Gasteiger partial charge in [-0.1, -0.05) is 0 Å². The molecule has 0 fully saturated rings. The summed E-state index contributed by atoms with van der Waals surface area (Å²) in [4.78, 5) is -0.681. The summed E-state index contributed by atoms with van der Waals surface area (Å²) < 4.78 is 74.1. The molecule has 0 bridgehead atoms. The van der Waals surface area contributed by atoms with Crippen molar-refractivity contribution in [3.8, 4) is 0 Å². The first-order chi connectivity index (χ1) is 8.62. The van der Waals surface area contributed by atoms with Crippen LogP contribution in [0.3, 0.4) is 0 Å². The van der Waals surface area contributed by atoms with Gasteiger partial charge in [-0.05, 0) is 24.6 Å². The maximum Gasteiger partial charge on any atom is 0.389 e. The second-order valence-electron chi connectivity index (χ2n) is 3.81. The Bertz CT molecular complexity index is 543. The van der Waals surface area contributed by atoms with Gasteiger partial charge in [-0.25, -0.2) is 17.5 Å². The molecule has 0 aliphatic rings. The van der Waals surface area contributed by atoms with Crippen LogP contribution in [0.25, 0.3) is 0 Å². The van der Waals surface area contributed by atoms with Crippen molar-refractivity contribution in [2.24, 2.45) is 0 Å². The van der Waals surface area contributed by atoms with E-state index in [9.17, 15) is 26.0 Å². The van der Waals surface area contributed by atoms with Gasteiger partial charge in [-0.2, -0.15) is 13.2 Å². The Kier molecular flexibility index (Phi) is 4.75. The molecule has 0 radical (unpaired) electrons. The Morgan fingerprint density at radius 1 is 1.26 bits per heavy atom. The quantitative estimate of drug-likeness (QED) is 0.496. The second-order valence-corrected chi connectivity index (χ2v) is 5.54. The summed E-state index contributed by atoms with van der Waals surface area (Å²) in [5.41, 5.74) is 5.37. The lowest BCUT2D eigenvalue weighted by Crippen LogP contribution is -2.26. The average Bonchev–Trinajstić information content (AvgIpc) is 2.26. The zero-order valence-corrected chi connectivity index (χ0v) is 10.5. The van der Waals surface area contributed by atoms with E-state index in [4.69, 9.17) is 5.73 Å². The molecule has 0 aromatic heterocycles. The van der Waals surface area contributed by atoms with Crippen molar-refractivity contribution in [1.29, 1.82) is 0 Å². The summed E-state index contributed by atoms with van der Waals surface area (Å²) in [6, 6.07) is 2.96. The predicted molar refractivity (Wildman–Crippen MR) is 61.3 cm³/mol. The number of alkyl halides is 3. The number of anilines is 1. The molecule has 9 heteroatoms. The molecule has 4 nitrogen and oxygen atoms in total. The molecular weight excluding hydrogens is 288 g/mol. The smallest absolute Gasteiger partial charge is 0.389 e. The van der Waals surface area contributed by atoms with E-state index in [0.29, 0.717) is 0 Å². The molecule has 0 amide bonds. The Morgan fingerprint density at radius 2 is 1.89 bits per heavy atom. The van der Waals surface area contributed by atoms with Crippen molar-refractivity contribution in [3.05, 3.63) is 24.0 Å². The fourth-order valence-electron chi connectivity index (χ4n) is 1.30. The molecule has 1 aromatic carbocycles. The minimum absolute atomic E-state index is 0.0390. The Hall–Kier alpha value is -1.35. The topological polar surface area (TPSA) is 72.2 Å². The summed E-state index contributed by atoms with van der Waals surface area (Å²) >= 11 is 0. The molecule has 1 aromatic rings. The van der Waals surface area contributed by atoms with Gasteiger partial charge in [0.15, 0.2) is 0 Å². The number of hydrogen-bond acceptors (Lipinski definition) is 3. The fourth-order valence-corrected chi connectivity index (χ4v) is 2.48. The van der Waals surface area contributed by atoms with Crippen LogP contribution in [0.15, 0.2) is 23.1 Å². The number of nitrogens with two attached hydrogens (primary N) is 1. The van der Waals surface area contributed by atoms with Gasteiger partial charge in [0.2, 0.25) is 10.0 Å². The van der Waals surface area contributed by atoms with E-state index in [0.717, 1.165) is 12.1 Å². The highest BCUT2D eigenvalue weighted by atomic mass is 32.2. The van der Waals surface area contributed by atoms with E-state index < -0.39 is 46.3 Å². The molecule has 3 N–H and O–H groups in total.